The Balaban J connectivity index is 2.15. The average molecular weight is 596 g/mol. The normalized spacial score (nSPS) is 14.0. The Morgan fingerprint density at radius 2 is 1.77 bits per heavy atom. The Kier molecular flexibility index (Phi) is 8.54. The maximum Gasteiger partial charge on any atom is 0.534 e. The minimum absolute atomic E-state index is 0.262. The van der Waals surface area contributed by atoms with E-state index >= 15 is 0 Å². The van der Waals surface area contributed by atoms with Crippen molar-refractivity contribution in [2.24, 2.45) is 0 Å². The highest BCUT2D eigenvalue weighted by molar-refractivity contribution is 7.87. The monoisotopic (exact) mass is 596 g/mol. The van der Waals surface area contributed by atoms with Gasteiger partial charge in [-0.1, -0.05) is 36.4 Å². The van der Waals surface area contributed by atoms with Crippen LogP contribution in [-0.2, 0) is 27.1 Å². The largest absolute Gasteiger partial charge is 0.534 e. The molecule has 1 unspecified atom stereocenters. The predicted molar refractivity (Wildman–Crippen MR) is 123 cm³/mol. The lowest BCUT2D eigenvalue weighted by Crippen LogP contribution is -2.45. The van der Waals surface area contributed by atoms with Crippen molar-refractivity contribution in [2.75, 3.05) is 0 Å². The number of allylic oxidation sites excluding steroid dienone is 1. The van der Waals surface area contributed by atoms with Crippen molar-refractivity contribution < 1.29 is 53.0 Å². The third kappa shape index (κ3) is 6.22. The number of aromatic nitrogens is 3. The molecular formula is C22H18F6N4O7S. The van der Waals surface area contributed by atoms with Crippen LogP contribution in [0.15, 0.2) is 53.5 Å². The van der Waals surface area contributed by atoms with E-state index in [1.54, 1.807) is 18.2 Å². The first-order chi connectivity index (χ1) is 18.5. The van der Waals surface area contributed by atoms with Gasteiger partial charge < -0.3 is 13.3 Å². The number of hydrogen-bond donors (Lipinski definition) is 0. The van der Waals surface area contributed by atoms with Gasteiger partial charge in [0.05, 0.1) is 11.5 Å². The molecule has 216 valence electrons. The van der Waals surface area contributed by atoms with Gasteiger partial charge in [0.15, 0.2) is 0 Å². The zero-order valence-corrected chi connectivity index (χ0v) is 21.0. The SMILES string of the molecule is C=CCCC(OCc1ccccc1)(c1nnc(-c2nc(OS(=O)(=O)C(F)(F)F)c(C)cc2[N+](=O)[O-])o1)C(F)(F)F. The molecule has 0 amide bonds. The van der Waals surface area contributed by atoms with E-state index in [0.717, 1.165) is 6.92 Å². The zero-order valence-electron chi connectivity index (χ0n) is 20.2. The summed E-state index contributed by atoms with van der Waals surface area (Å²) in [6.07, 6.45) is -5.09. The third-order valence-corrected chi connectivity index (χ3v) is 6.22. The lowest BCUT2D eigenvalue weighted by molar-refractivity contribution is -0.384. The fourth-order valence-electron chi connectivity index (χ4n) is 3.27. The van der Waals surface area contributed by atoms with Crippen molar-refractivity contribution in [1.29, 1.82) is 0 Å². The molecule has 40 heavy (non-hydrogen) atoms. The van der Waals surface area contributed by atoms with Crippen molar-refractivity contribution >= 4 is 15.8 Å². The molecule has 11 nitrogen and oxygen atoms in total. The number of ether oxygens (including phenoxy) is 1. The van der Waals surface area contributed by atoms with Crippen LogP contribution in [0.1, 0.15) is 29.9 Å². The van der Waals surface area contributed by atoms with Crippen LogP contribution in [0.3, 0.4) is 0 Å². The van der Waals surface area contributed by atoms with Gasteiger partial charge in [-0.2, -0.15) is 39.7 Å². The van der Waals surface area contributed by atoms with Crippen LogP contribution in [0, 0.1) is 17.0 Å². The molecule has 3 aromatic rings. The highest BCUT2D eigenvalue weighted by Crippen LogP contribution is 2.47. The summed E-state index contributed by atoms with van der Waals surface area (Å²) in [6, 6.07) is 8.30. The summed E-state index contributed by atoms with van der Waals surface area (Å²) in [5.74, 6) is -3.51. The summed E-state index contributed by atoms with van der Waals surface area (Å²) in [6.45, 7) is 3.76. The van der Waals surface area contributed by atoms with Crippen molar-refractivity contribution in [2.45, 2.75) is 43.7 Å². The molecule has 0 saturated heterocycles. The van der Waals surface area contributed by atoms with E-state index in [0.29, 0.717) is 11.6 Å². The summed E-state index contributed by atoms with van der Waals surface area (Å²) in [5, 5.41) is 18.3. The number of pyridine rings is 1. The second-order valence-electron chi connectivity index (χ2n) is 8.06. The van der Waals surface area contributed by atoms with Gasteiger partial charge >= 0.3 is 27.5 Å². The van der Waals surface area contributed by atoms with E-state index in [1.165, 1.54) is 18.2 Å². The molecule has 0 spiro atoms. The predicted octanol–water partition coefficient (Wildman–Crippen LogP) is 5.52. The van der Waals surface area contributed by atoms with Crippen molar-refractivity contribution in [3.63, 3.8) is 0 Å². The molecule has 0 aliphatic carbocycles. The summed E-state index contributed by atoms with van der Waals surface area (Å²) in [4.78, 5) is 13.9. The van der Waals surface area contributed by atoms with Gasteiger partial charge in [0.25, 0.3) is 11.8 Å². The van der Waals surface area contributed by atoms with Gasteiger partial charge in [-0.05, 0) is 25.3 Å². The van der Waals surface area contributed by atoms with E-state index in [4.69, 9.17) is 9.15 Å². The van der Waals surface area contributed by atoms with Crippen LogP contribution < -0.4 is 4.18 Å². The minimum Gasteiger partial charge on any atom is -0.415 e. The average Bonchev–Trinajstić information content (AvgIpc) is 3.34. The molecule has 0 fully saturated rings. The van der Waals surface area contributed by atoms with E-state index in [-0.39, 0.29) is 6.42 Å². The first-order valence-electron chi connectivity index (χ1n) is 10.9. The molecule has 1 aromatic carbocycles. The molecule has 2 heterocycles. The topological polar surface area (TPSA) is 148 Å². The first kappa shape index (κ1) is 30.5. The Bertz CT molecular complexity index is 1490. The Morgan fingerprint density at radius 3 is 2.33 bits per heavy atom. The van der Waals surface area contributed by atoms with Crippen LogP contribution >= 0.6 is 0 Å². The van der Waals surface area contributed by atoms with Gasteiger partial charge in [-0.15, -0.1) is 16.8 Å². The number of aryl methyl sites for hydroxylation is 1. The molecule has 0 radical (unpaired) electrons. The molecule has 1 atom stereocenters. The summed E-state index contributed by atoms with van der Waals surface area (Å²) in [7, 11) is -6.26. The van der Waals surface area contributed by atoms with Crippen molar-refractivity contribution in [3.05, 3.63) is 76.2 Å². The lowest BCUT2D eigenvalue weighted by atomic mass is 9.96. The first-order valence-corrected chi connectivity index (χ1v) is 12.3. The number of alkyl halides is 6. The molecule has 0 aliphatic rings. The Hall–Kier alpha value is -4.06. The smallest absolute Gasteiger partial charge is 0.415 e. The van der Waals surface area contributed by atoms with E-state index in [9.17, 15) is 44.9 Å². The number of hydrogen-bond acceptors (Lipinski definition) is 10. The molecular weight excluding hydrogens is 578 g/mol. The van der Waals surface area contributed by atoms with Crippen LogP contribution in [0.2, 0.25) is 0 Å². The lowest BCUT2D eigenvalue weighted by Gasteiger charge is -2.32. The Labute approximate surface area is 221 Å². The highest BCUT2D eigenvalue weighted by Gasteiger charge is 2.61. The minimum atomic E-state index is -6.26. The van der Waals surface area contributed by atoms with E-state index in [1.807, 2.05) is 0 Å². The number of benzene rings is 1. The maximum atomic E-state index is 14.5. The molecule has 0 aliphatic heterocycles. The third-order valence-electron chi connectivity index (χ3n) is 5.27. The van der Waals surface area contributed by atoms with Gasteiger partial charge in [-0.3, -0.25) is 10.1 Å². The maximum absolute atomic E-state index is 14.5. The van der Waals surface area contributed by atoms with Gasteiger partial charge in [0.1, 0.15) is 0 Å². The summed E-state index contributed by atoms with van der Waals surface area (Å²) < 4.78 is 119. The molecule has 3 rings (SSSR count). The fourth-order valence-corrected chi connectivity index (χ4v) is 3.74. The fraction of sp³-hybridized carbons (Fsp3) is 0.318. The molecule has 0 N–H and O–H groups in total. The highest BCUT2D eigenvalue weighted by atomic mass is 32.2. The number of rotatable bonds is 11. The van der Waals surface area contributed by atoms with Gasteiger partial charge in [0.2, 0.25) is 17.2 Å². The Morgan fingerprint density at radius 1 is 1.12 bits per heavy atom. The van der Waals surface area contributed by atoms with Crippen molar-refractivity contribution in [3.8, 4) is 17.5 Å². The van der Waals surface area contributed by atoms with Crippen LogP contribution in [0.25, 0.3) is 11.6 Å². The van der Waals surface area contributed by atoms with Gasteiger partial charge in [-0.25, -0.2) is 0 Å². The number of halogens is 6. The summed E-state index contributed by atoms with van der Waals surface area (Å²) >= 11 is 0. The second kappa shape index (κ2) is 11.2. The molecule has 2 aromatic heterocycles. The van der Waals surface area contributed by atoms with Crippen LogP contribution in [-0.4, -0.2) is 40.2 Å². The van der Waals surface area contributed by atoms with Crippen LogP contribution in [0.4, 0.5) is 32.0 Å². The number of nitro groups is 1. The molecule has 18 heteroatoms. The molecule has 0 bridgehead atoms. The van der Waals surface area contributed by atoms with E-state index < -0.39 is 80.0 Å². The van der Waals surface area contributed by atoms with E-state index in [2.05, 4.69) is 25.9 Å². The summed E-state index contributed by atoms with van der Waals surface area (Å²) in [5.41, 5.74) is -11.4. The number of nitrogens with zero attached hydrogens (tertiary/aromatic N) is 4. The standard InChI is InChI=1S/C22H18F6N4O7S/c1-3-4-10-20(21(23,24)25,37-12-14-8-6-5-7-9-14)19-31-30-18(38-19)16-15(32(33)34)11-13(2)17(29-16)39-40(35,36)22(26,27)28/h3,5-9,11H,1,4,10,12H2,2H3. The quantitative estimate of drug-likeness (QED) is 0.0692. The zero-order chi connectivity index (χ0) is 29.9. The van der Waals surface area contributed by atoms with Crippen LogP contribution in [0.5, 0.6) is 5.88 Å². The van der Waals surface area contributed by atoms with Gasteiger partial charge in [0, 0.05) is 11.6 Å². The van der Waals surface area contributed by atoms with Crippen molar-refractivity contribution in [1.82, 2.24) is 15.2 Å². The molecule has 0 saturated carbocycles. The second-order valence-corrected chi connectivity index (χ2v) is 9.60.